The minimum atomic E-state index is -1.72. The summed E-state index contributed by atoms with van der Waals surface area (Å²) in [4.78, 5) is 0. The molecule has 3 nitrogen and oxygen atoms in total. The van der Waals surface area contributed by atoms with E-state index in [1.54, 1.807) is 0 Å². The van der Waals surface area contributed by atoms with Crippen LogP contribution in [0.4, 0.5) is 0 Å². The third-order valence-corrected chi connectivity index (χ3v) is 3.77. The Kier molecular flexibility index (Phi) is 7.60. The highest BCUT2D eigenvalue weighted by atomic mass is 35.5. The molecule has 0 heterocycles. The standard InChI is InChI=1S/C16H24ClNO2S/c1-16(2,3)10-9-15(18-11-4-12-21(19)20)13-5-7-14(17)8-6-13/h5-10,15,18H,4,11-12H2,1-3H3,(H,19,20)/b10-9+. The van der Waals surface area contributed by atoms with Gasteiger partial charge in [-0.25, -0.2) is 4.21 Å². The zero-order valence-electron chi connectivity index (χ0n) is 12.8. The van der Waals surface area contributed by atoms with Gasteiger partial charge in [-0.2, -0.15) is 0 Å². The Hall–Kier alpha value is -0.680. The van der Waals surface area contributed by atoms with Gasteiger partial charge in [0.15, 0.2) is 11.1 Å². The monoisotopic (exact) mass is 329 g/mol. The van der Waals surface area contributed by atoms with Gasteiger partial charge < -0.3 is 9.87 Å². The van der Waals surface area contributed by atoms with E-state index in [0.717, 1.165) is 5.56 Å². The Balaban J connectivity index is 2.72. The molecule has 0 aromatic heterocycles. The smallest absolute Gasteiger partial charge is 0.152 e. The van der Waals surface area contributed by atoms with Crippen LogP contribution in [0, 0.1) is 5.41 Å². The second-order valence-electron chi connectivity index (χ2n) is 6.09. The van der Waals surface area contributed by atoms with Crippen LogP contribution < -0.4 is 5.32 Å². The predicted molar refractivity (Wildman–Crippen MR) is 91.0 cm³/mol. The summed E-state index contributed by atoms with van der Waals surface area (Å²) >= 11 is 4.21. The highest BCUT2D eigenvalue weighted by Crippen LogP contribution is 2.21. The minimum Gasteiger partial charge on any atom is -0.307 e. The lowest BCUT2D eigenvalue weighted by Gasteiger charge is -2.18. The maximum atomic E-state index is 10.7. The summed E-state index contributed by atoms with van der Waals surface area (Å²) in [7, 11) is 0. The van der Waals surface area contributed by atoms with Crippen LogP contribution in [0.25, 0.3) is 0 Å². The van der Waals surface area contributed by atoms with Crippen LogP contribution in [-0.2, 0) is 11.1 Å². The lowest BCUT2D eigenvalue weighted by molar-refractivity contribution is 0.531. The van der Waals surface area contributed by atoms with Crippen LogP contribution in [-0.4, -0.2) is 21.1 Å². The van der Waals surface area contributed by atoms with Crippen molar-refractivity contribution in [1.29, 1.82) is 0 Å². The molecule has 1 aromatic carbocycles. The molecule has 0 aliphatic rings. The summed E-state index contributed by atoms with van der Waals surface area (Å²) in [6.45, 7) is 7.14. The zero-order chi connectivity index (χ0) is 15.9. The minimum absolute atomic E-state index is 0.0774. The van der Waals surface area contributed by atoms with Crippen molar-refractivity contribution in [3.8, 4) is 0 Å². The highest BCUT2D eigenvalue weighted by Gasteiger charge is 2.10. The van der Waals surface area contributed by atoms with E-state index in [-0.39, 0.29) is 11.5 Å². The molecule has 0 aliphatic heterocycles. The van der Waals surface area contributed by atoms with Gasteiger partial charge in [0, 0.05) is 5.02 Å². The number of allylic oxidation sites excluding steroid dienone is 1. The first-order valence-electron chi connectivity index (χ1n) is 7.03. The number of nitrogens with one attached hydrogen (secondary N) is 1. The predicted octanol–water partition coefficient (Wildman–Crippen LogP) is 4.18. The van der Waals surface area contributed by atoms with Gasteiger partial charge in [-0.05, 0) is 36.1 Å². The molecule has 0 radical (unpaired) electrons. The van der Waals surface area contributed by atoms with E-state index in [1.165, 1.54) is 0 Å². The van der Waals surface area contributed by atoms with Gasteiger partial charge in [0.05, 0.1) is 11.8 Å². The Bertz CT molecular complexity index is 480. The first-order chi connectivity index (χ1) is 9.78. The third-order valence-electron chi connectivity index (χ3n) is 2.88. The second-order valence-corrected chi connectivity index (χ2v) is 7.58. The van der Waals surface area contributed by atoms with Crippen molar-refractivity contribution in [3.05, 3.63) is 47.0 Å². The molecule has 5 heteroatoms. The van der Waals surface area contributed by atoms with E-state index in [4.69, 9.17) is 16.2 Å². The van der Waals surface area contributed by atoms with Crippen molar-refractivity contribution in [2.45, 2.75) is 33.2 Å². The quantitative estimate of drug-likeness (QED) is 0.448. The average molecular weight is 330 g/mol. The summed E-state index contributed by atoms with van der Waals surface area (Å²) in [6.07, 6.45) is 4.97. The topological polar surface area (TPSA) is 49.3 Å². The fourth-order valence-electron chi connectivity index (χ4n) is 1.81. The fraction of sp³-hybridized carbons (Fsp3) is 0.500. The largest absolute Gasteiger partial charge is 0.307 e. The van der Waals surface area contributed by atoms with Gasteiger partial charge in [-0.3, -0.25) is 0 Å². The van der Waals surface area contributed by atoms with Crippen LogP contribution in [0.3, 0.4) is 0 Å². The molecular formula is C16H24ClNO2S. The summed E-state index contributed by atoms with van der Waals surface area (Å²) in [5.41, 5.74) is 1.24. The van der Waals surface area contributed by atoms with Crippen LogP contribution in [0.5, 0.6) is 0 Å². The molecule has 2 N–H and O–H groups in total. The molecule has 0 aliphatic carbocycles. The van der Waals surface area contributed by atoms with Crippen molar-refractivity contribution in [3.63, 3.8) is 0 Å². The first kappa shape index (κ1) is 18.4. The van der Waals surface area contributed by atoms with Crippen LogP contribution in [0.2, 0.25) is 5.02 Å². The fourth-order valence-corrected chi connectivity index (χ4v) is 2.32. The molecule has 21 heavy (non-hydrogen) atoms. The lowest BCUT2D eigenvalue weighted by Crippen LogP contribution is -2.22. The Morgan fingerprint density at radius 2 is 1.95 bits per heavy atom. The molecule has 0 fully saturated rings. The molecule has 0 bridgehead atoms. The van der Waals surface area contributed by atoms with E-state index < -0.39 is 11.1 Å². The number of hydrogen-bond acceptors (Lipinski definition) is 2. The molecule has 1 aromatic rings. The molecule has 2 atom stereocenters. The van der Waals surface area contributed by atoms with E-state index in [1.807, 2.05) is 24.3 Å². The Morgan fingerprint density at radius 3 is 2.48 bits per heavy atom. The average Bonchev–Trinajstić information content (AvgIpc) is 2.38. The van der Waals surface area contributed by atoms with Crippen molar-refractivity contribution in [2.24, 2.45) is 5.41 Å². The van der Waals surface area contributed by atoms with Gasteiger partial charge in [-0.15, -0.1) is 0 Å². The first-order valence-corrected chi connectivity index (χ1v) is 8.69. The molecule has 118 valence electrons. The SMILES string of the molecule is CC(C)(C)/C=C/C(NCCCS(=O)O)c1ccc(Cl)cc1. The Morgan fingerprint density at radius 1 is 1.33 bits per heavy atom. The Labute approximate surface area is 135 Å². The maximum Gasteiger partial charge on any atom is 0.152 e. The van der Waals surface area contributed by atoms with E-state index >= 15 is 0 Å². The van der Waals surface area contributed by atoms with Crippen molar-refractivity contribution < 1.29 is 8.76 Å². The van der Waals surface area contributed by atoms with Crippen LogP contribution in [0.1, 0.15) is 38.8 Å². The molecular weight excluding hydrogens is 306 g/mol. The maximum absolute atomic E-state index is 10.7. The zero-order valence-corrected chi connectivity index (χ0v) is 14.4. The van der Waals surface area contributed by atoms with Crippen molar-refractivity contribution >= 4 is 22.7 Å². The number of rotatable bonds is 7. The summed E-state index contributed by atoms with van der Waals surface area (Å²) in [6, 6.07) is 7.82. The van der Waals surface area contributed by atoms with Crippen LogP contribution in [0.15, 0.2) is 36.4 Å². The van der Waals surface area contributed by atoms with Gasteiger partial charge >= 0.3 is 0 Å². The van der Waals surface area contributed by atoms with Crippen molar-refractivity contribution in [1.82, 2.24) is 5.32 Å². The molecule has 0 amide bonds. The lowest BCUT2D eigenvalue weighted by atomic mass is 9.94. The third kappa shape index (κ3) is 8.37. The van der Waals surface area contributed by atoms with Gasteiger partial charge in [0.25, 0.3) is 0 Å². The highest BCUT2D eigenvalue weighted by molar-refractivity contribution is 7.79. The van der Waals surface area contributed by atoms with E-state index in [2.05, 4.69) is 38.2 Å². The summed E-state index contributed by atoms with van der Waals surface area (Å²) in [5.74, 6) is 0.295. The van der Waals surface area contributed by atoms with E-state index in [0.29, 0.717) is 23.7 Å². The van der Waals surface area contributed by atoms with Crippen molar-refractivity contribution in [2.75, 3.05) is 12.3 Å². The molecule has 0 saturated heterocycles. The molecule has 0 spiro atoms. The van der Waals surface area contributed by atoms with E-state index in [9.17, 15) is 4.21 Å². The van der Waals surface area contributed by atoms with Crippen LogP contribution >= 0.6 is 11.6 Å². The normalized spacial score (nSPS) is 15.3. The number of halogens is 1. The molecule has 2 unspecified atom stereocenters. The molecule has 1 rings (SSSR count). The van der Waals surface area contributed by atoms with Gasteiger partial charge in [0.2, 0.25) is 0 Å². The second kappa shape index (κ2) is 8.69. The molecule has 0 saturated carbocycles. The summed E-state index contributed by atoms with van der Waals surface area (Å²) < 4.78 is 19.5. The number of hydrogen-bond donors (Lipinski definition) is 2. The van der Waals surface area contributed by atoms with Gasteiger partial charge in [-0.1, -0.05) is 56.7 Å². The summed E-state index contributed by atoms with van der Waals surface area (Å²) in [5, 5.41) is 4.12. The van der Waals surface area contributed by atoms with Gasteiger partial charge in [0.1, 0.15) is 0 Å². The number of benzene rings is 1.